The van der Waals surface area contributed by atoms with Gasteiger partial charge in [-0.2, -0.15) is 0 Å². The number of nitrogens with zero attached hydrogens (tertiary/aromatic N) is 1. The second-order valence-electron chi connectivity index (χ2n) is 6.22. The number of halogens is 1. The number of hydrogen-bond acceptors (Lipinski definition) is 6. The Bertz CT molecular complexity index is 1070. The molecule has 0 saturated carbocycles. The molecule has 0 unspecified atom stereocenters. The van der Waals surface area contributed by atoms with Gasteiger partial charge in [-0.25, -0.2) is 9.18 Å². The summed E-state index contributed by atoms with van der Waals surface area (Å²) in [6.07, 6.45) is 1.53. The van der Waals surface area contributed by atoms with Crippen LogP contribution in [0.15, 0.2) is 47.4 Å². The Kier molecular flexibility index (Phi) is 6.48. The van der Waals surface area contributed by atoms with Gasteiger partial charge in [0, 0.05) is 18.7 Å². The monoisotopic (exact) mass is 446 g/mol. The Morgan fingerprint density at radius 3 is 2.57 bits per heavy atom. The maximum absolute atomic E-state index is 13.0. The molecule has 10 heteroatoms. The predicted molar refractivity (Wildman–Crippen MR) is 115 cm³/mol. The van der Waals surface area contributed by atoms with Gasteiger partial charge in [-0.05, 0) is 42.0 Å². The van der Waals surface area contributed by atoms with E-state index in [0.717, 1.165) is 17.8 Å². The third-order valence-corrected chi connectivity index (χ3v) is 5.49. The van der Waals surface area contributed by atoms with Crippen molar-refractivity contribution in [3.63, 3.8) is 0 Å². The predicted octanol–water partition coefficient (Wildman–Crippen LogP) is 3.46. The van der Waals surface area contributed by atoms with Crippen molar-refractivity contribution in [1.29, 1.82) is 0 Å². The smallest absolute Gasteiger partial charge is 0.339 e. The first kappa shape index (κ1) is 21.5. The van der Waals surface area contributed by atoms with E-state index in [4.69, 9.17) is 17.3 Å². The van der Waals surface area contributed by atoms with Gasteiger partial charge in [0.2, 0.25) is 5.91 Å². The average molecular weight is 446 g/mol. The minimum absolute atomic E-state index is 0.0428. The van der Waals surface area contributed by atoms with Crippen LogP contribution in [0.5, 0.6) is 5.75 Å². The van der Waals surface area contributed by atoms with E-state index in [0.29, 0.717) is 14.8 Å². The van der Waals surface area contributed by atoms with Gasteiger partial charge in [0.05, 0.1) is 4.91 Å². The Balaban J connectivity index is 1.61. The number of aromatic hydroxyl groups is 1. The van der Waals surface area contributed by atoms with Crippen molar-refractivity contribution in [2.75, 3.05) is 11.9 Å². The fourth-order valence-corrected chi connectivity index (χ4v) is 3.93. The van der Waals surface area contributed by atoms with Crippen LogP contribution in [0, 0.1) is 5.82 Å². The van der Waals surface area contributed by atoms with Gasteiger partial charge < -0.3 is 15.5 Å². The first-order valence-corrected chi connectivity index (χ1v) is 9.84. The van der Waals surface area contributed by atoms with Crippen molar-refractivity contribution in [3.05, 3.63) is 64.3 Å². The molecule has 30 heavy (non-hydrogen) atoms. The molecule has 1 fully saturated rings. The molecule has 1 aliphatic heterocycles. The van der Waals surface area contributed by atoms with Gasteiger partial charge in [-0.1, -0.05) is 36.1 Å². The standard InChI is InChI=1S/C20H15FN2O5S2/c21-12-3-1-11(2-4-12)9-16-18(26)23(20(29)30-16)8-7-17(25)22-13-5-6-15(24)14(10-13)19(27)28/h1-6,9-10,24H,7-8H2,(H,22,25)(H,27,28). The number of thioether (sulfide) groups is 1. The number of rotatable bonds is 6. The highest BCUT2D eigenvalue weighted by molar-refractivity contribution is 8.26. The number of amides is 2. The largest absolute Gasteiger partial charge is 0.507 e. The van der Waals surface area contributed by atoms with Crippen molar-refractivity contribution < 1.29 is 29.0 Å². The summed E-state index contributed by atoms with van der Waals surface area (Å²) in [5.41, 5.74) is 0.517. The van der Waals surface area contributed by atoms with Gasteiger partial charge in [-0.15, -0.1) is 0 Å². The van der Waals surface area contributed by atoms with E-state index in [1.807, 2.05) is 0 Å². The number of carboxylic acid groups (broad SMARTS) is 1. The molecule has 154 valence electrons. The van der Waals surface area contributed by atoms with E-state index in [1.54, 1.807) is 18.2 Å². The van der Waals surface area contributed by atoms with E-state index < -0.39 is 17.6 Å². The molecule has 0 aromatic heterocycles. The second kappa shape index (κ2) is 9.06. The zero-order chi connectivity index (χ0) is 21.8. The number of hydrogen-bond donors (Lipinski definition) is 3. The molecule has 0 aliphatic carbocycles. The molecule has 0 radical (unpaired) electrons. The highest BCUT2D eigenvalue weighted by atomic mass is 32.2. The first-order valence-electron chi connectivity index (χ1n) is 8.61. The van der Waals surface area contributed by atoms with Crippen molar-refractivity contribution in [1.82, 2.24) is 4.90 Å². The molecule has 0 atom stereocenters. The molecule has 2 amide bonds. The lowest BCUT2D eigenvalue weighted by atomic mass is 10.1. The third kappa shape index (κ3) is 5.02. The summed E-state index contributed by atoms with van der Waals surface area (Å²) in [6.45, 7) is 0.0428. The van der Waals surface area contributed by atoms with Crippen LogP contribution in [0.4, 0.5) is 10.1 Å². The Morgan fingerprint density at radius 2 is 1.90 bits per heavy atom. The molecule has 0 bridgehead atoms. The van der Waals surface area contributed by atoms with E-state index >= 15 is 0 Å². The van der Waals surface area contributed by atoms with Gasteiger partial charge >= 0.3 is 5.97 Å². The molecular formula is C20H15FN2O5S2. The molecule has 7 nitrogen and oxygen atoms in total. The first-order chi connectivity index (χ1) is 14.2. The molecule has 2 aromatic rings. The number of carboxylic acids is 1. The quantitative estimate of drug-likeness (QED) is 0.354. The average Bonchev–Trinajstić information content (AvgIpc) is 2.96. The highest BCUT2D eigenvalue weighted by Crippen LogP contribution is 2.32. The molecule has 2 aromatic carbocycles. The minimum Gasteiger partial charge on any atom is -0.507 e. The van der Waals surface area contributed by atoms with Crippen LogP contribution < -0.4 is 5.32 Å². The van der Waals surface area contributed by atoms with Crippen LogP contribution >= 0.6 is 24.0 Å². The highest BCUT2D eigenvalue weighted by Gasteiger charge is 2.32. The van der Waals surface area contributed by atoms with Crippen LogP contribution in [0.1, 0.15) is 22.3 Å². The van der Waals surface area contributed by atoms with Gasteiger partial charge in [0.15, 0.2) is 0 Å². The number of thiocarbonyl (C=S) groups is 1. The maximum Gasteiger partial charge on any atom is 0.339 e. The lowest BCUT2D eigenvalue weighted by Crippen LogP contribution is -2.31. The number of anilines is 1. The van der Waals surface area contributed by atoms with Crippen molar-refractivity contribution in [2.45, 2.75) is 6.42 Å². The number of phenols is 1. The minimum atomic E-state index is -1.32. The SMILES string of the molecule is O=C(CCN1C(=O)C(=Cc2ccc(F)cc2)SC1=S)Nc1ccc(O)c(C(=O)O)c1. The summed E-state index contributed by atoms with van der Waals surface area (Å²) in [6, 6.07) is 9.33. The molecule has 1 heterocycles. The summed E-state index contributed by atoms with van der Waals surface area (Å²) in [5.74, 6) is -2.91. The zero-order valence-electron chi connectivity index (χ0n) is 15.3. The van der Waals surface area contributed by atoms with Crippen LogP contribution in [-0.2, 0) is 9.59 Å². The summed E-state index contributed by atoms with van der Waals surface area (Å²) in [7, 11) is 0. The van der Waals surface area contributed by atoms with Gasteiger partial charge in [0.1, 0.15) is 21.5 Å². The topological polar surface area (TPSA) is 107 Å². The second-order valence-corrected chi connectivity index (χ2v) is 7.90. The Hall–Kier alpha value is -3.24. The number of nitrogens with one attached hydrogen (secondary N) is 1. The van der Waals surface area contributed by atoms with Gasteiger partial charge in [-0.3, -0.25) is 14.5 Å². The lowest BCUT2D eigenvalue weighted by molar-refractivity contribution is -0.122. The van der Waals surface area contributed by atoms with Crippen molar-refractivity contribution in [3.8, 4) is 5.75 Å². The van der Waals surface area contributed by atoms with Crippen LogP contribution in [0.2, 0.25) is 0 Å². The van der Waals surface area contributed by atoms with E-state index in [9.17, 15) is 23.9 Å². The summed E-state index contributed by atoms with van der Waals surface area (Å²) in [4.78, 5) is 37.5. The molecule has 1 saturated heterocycles. The molecule has 3 rings (SSSR count). The Morgan fingerprint density at radius 1 is 1.20 bits per heavy atom. The molecule has 3 N–H and O–H groups in total. The molecular weight excluding hydrogens is 431 g/mol. The Labute approximate surface area is 180 Å². The molecule has 0 spiro atoms. The summed E-state index contributed by atoms with van der Waals surface area (Å²) >= 11 is 6.31. The zero-order valence-corrected chi connectivity index (χ0v) is 16.9. The summed E-state index contributed by atoms with van der Waals surface area (Å²) < 4.78 is 13.3. The fourth-order valence-electron chi connectivity index (χ4n) is 2.63. The fraction of sp³-hybridized carbons (Fsp3) is 0.100. The van der Waals surface area contributed by atoms with E-state index in [-0.39, 0.29) is 35.9 Å². The van der Waals surface area contributed by atoms with E-state index in [2.05, 4.69) is 5.32 Å². The third-order valence-electron chi connectivity index (χ3n) is 4.11. The number of carbonyl (C=O) groups excluding carboxylic acids is 2. The van der Waals surface area contributed by atoms with Crippen molar-refractivity contribution in [2.24, 2.45) is 0 Å². The van der Waals surface area contributed by atoms with Crippen LogP contribution in [0.25, 0.3) is 6.08 Å². The van der Waals surface area contributed by atoms with Crippen molar-refractivity contribution >= 4 is 57.8 Å². The molecule has 1 aliphatic rings. The normalized spacial score (nSPS) is 15.0. The lowest BCUT2D eigenvalue weighted by Gasteiger charge is -2.14. The number of aromatic carboxylic acids is 1. The van der Waals surface area contributed by atoms with Crippen LogP contribution in [0.3, 0.4) is 0 Å². The number of carbonyl (C=O) groups is 3. The maximum atomic E-state index is 13.0. The van der Waals surface area contributed by atoms with Gasteiger partial charge in [0.25, 0.3) is 5.91 Å². The van der Waals surface area contributed by atoms with E-state index in [1.165, 1.54) is 29.2 Å². The number of benzene rings is 2. The summed E-state index contributed by atoms with van der Waals surface area (Å²) in [5, 5.41) is 21.0. The van der Waals surface area contributed by atoms with Crippen LogP contribution in [-0.4, -0.2) is 43.8 Å².